The van der Waals surface area contributed by atoms with Gasteiger partial charge >= 0.3 is 0 Å². The first-order chi connectivity index (χ1) is 8.91. The third kappa shape index (κ3) is 2.99. The Morgan fingerprint density at radius 3 is 2.37 bits per heavy atom. The average Bonchev–Trinajstić information content (AvgIpc) is 2.37. The van der Waals surface area contributed by atoms with Gasteiger partial charge in [0.05, 0.1) is 10.0 Å². The van der Waals surface area contributed by atoms with Crippen LogP contribution in [0, 0.1) is 11.6 Å². The molecule has 1 atom stereocenters. The molecule has 100 valence electrons. The predicted octanol–water partition coefficient (Wildman–Crippen LogP) is 5.22. The average molecular weight is 412 g/mol. The van der Waals surface area contributed by atoms with Gasteiger partial charge in [-0.2, -0.15) is 0 Å². The monoisotopic (exact) mass is 410 g/mol. The molecule has 1 unspecified atom stereocenters. The minimum Gasteiger partial charge on any atom is -0.383 e. The Balaban J connectivity index is 2.59. The van der Waals surface area contributed by atoms with Crippen LogP contribution in [-0.4, -0.2) is 5.11 Å². The molecule has 0 fully saturated rings. The van der Waals surface area contributed by atoms with Crippen LogP contribution < -0.4 is 0 Å². The fraction of sp³-hybridized carbons (Fsp3) is 0.0769. The smallest absolute Gasteiger partial charge is 0.146 e. The van der Waals surface area contributed by atoms with Gasteiger partial charge < -0.3 is 5.11 Å². The van der Waals surface area contributed by atoms with Crippen molar-refractivity contribution in [1.82, 2.24) is 0 Å². The molecule has 2 aromatic carbocycles. The lowest BCUT2D eigenvalue weighted by molar-refractivity contribution is 0.208. The molecule has 0 aliphatic rings. The second kappa shape index (κ2) is 5.87. The van der Waals surface area contributed by atoms with E-state index in [2.05, 4.69) is 31.9 Å². The molecule has 2 rings (SSSR count). The third-order valence-corrected chi connectivity index (χ3v) is 4.18. The van der Waals surface area contributed by atoms with E-state index in [0.29, 0.717) is 15.1 Å². The van der Waals surface area contributed by atoms with Crippen LogP contribution in [0.25, 0.3) is 0 Å². The predicted molar refractivity (Wildman–Crippen MR) is 77.3 cm³/mol. The normalized spacial score (nSPS) is 12.5. The molecule has 0 heterocycles. The van der Waals surface area contributed by atoms with Crippen molar-refractivity contribution in [2.75, 3.05) is 0 Å². The molecule has 1 N–H and O–H groups in total. The van der Waals surface area contributed by atoms with Crippen molar-refractivity contribution >= 4 is 43.5 Å². The topological polar surface area (TPSA) is 20.2 Å². The summed E-state index contributed by atoms with van der Waals surface area (Å²) in [6.07, 6.45) is -1.45. The molecule has 0 amide bonds. The first kappa shape index (κ1) is 14.9. The van der Waals surface area contributed by atoms with Crippen LogP contribution in [0.3, 0.4) is 0 Å². The minimum atomic E-state index is -1.45. The van der Waals surface area contributed by atoms with Crippen molar-refractivity contribution in [2.45, 2.75) is 6.10 Å². The first-order valence-electron chi connectivity index (χ1n) is 5.18. The van der Waals surface area contributed by atoms with E-state index >= 15 is 0 Å². The fourth-order valence-electron chi connectivity index (χ4n) is 1.67. The lowest BCUT2D eigenvalue weighted by atomic mass is 10.0. The van der Waals surface area contributed by atoms with Gasteiger partial charge in [0.15, 0.2) is 0 Å². The van der Waals surface area contributed by atoms with E-state index in [1.165, 1.54) is 12.1 Å². The Kier molecular flexibility index (Phi) is 4.61. The molecule has 0 spiro atoms. The molecule has 0 saturated heterocycles. The van der Waals surface area contributed by atoms with Crippen LogP contribution in [0.15, 0.2) is 39.3 Å². The highest BCUT2D eigenvalue weighted by Crippen LogP contribution is 2.35. The van der Waals surface area contributed by atoms with Gasteiger partial charge in [-0.3, -0.25) is 0 Å². The van der Waals surface area contributed by atoms with Crippen molar-refractivity contribution in [3.8, 4) is 0 Å². The van der Waals surface area contributed by atoms with E-state index in [0.717, 1.165) is 6.07 Å². The summed E-state index contributed by atoms with van der Waals surface area (Å²) < 4.78 is 28.3. The first-order valence-corrected chi connectivity index (χ1v) is 7.14. The maximum absolute atomic E-state index is 13.9. The van der Waals surface area contributed by atoms with Gasteiger partial charge in [-0.15, -0.1) is 0 Å². The third-order valence-electron chi connectivity index (χ3n) is 2.61. The maximum Gasteiger partial charge on any atom is 0.146 e. The molecule has 0 radical (unpaired) electrons. The van der Waals surface area contributed by atoms with Gasteiger partial charge in [-0.1, -0.05) is 27.5 Å². The van der Waals surface area contributed by atoms with Gasteiger partial charge in [0, 0.05) is 15.1 Å². The highest BCUT2D eigenvalue weighted by Gasteiger charge is 2.23. The number of benzene rings is 2. The van der Waals surface area contributed by atoms with Gasteiger partial charge in [0.1, 0.15) is 17.7 Å². The van der Waals surface area contributed by atoms with Crippen LogP contribution in [0.5, 0.6) is 0 Å². The number of hydrogen-bond donors (Lipinski definition) is 1. The Bertz CT molecular complexity index is 634. The SMILES string of the molecule is OC(c1cc(Cl)ccc1Br)c1c(F)ccc(Br)c1F. The molecular formula is C13H7Br2ClF2O. The highest BCUT2D eigenvalue weighted by atomic mass is 79.9. The number of halogens is 5. The Hall–Kier alpha value is -0.490. The van der Waals surface area contributed by atoms with Gasteiger partial charge in [0.25, 0.3) is 0 Å². The lowest BCUT2D eigenvalue weighted by Crippen LogP contribution is -2.07. The van der Waals surface area contributed by atoms with Crippen molar-refractivity contribution in [3.63, 3.8) is 0 Å². The summed E-state index contributed by atoms with van der Waals surface area (Å²) in [6, 6.07) is 7.00. The number of hydrogen-bond acceptors (Lipinski definition) is 1. The zero-order valence-electron chi connectivity index (χ0n) is 9.30. The largest absolute Gasteiger partial charge is 0.383 e. The molecule has 0 aliphatic carbocycles. The molecule has 2 aromatic rings. The zero-order valence-corrected chi connectivity index (χ0v) is 13.2. The van der Waals surface area contributed by atoms with Crippen molar-refractivity contribution in [2.24, 2.45) is 0 Å². The van der Waals surface area contributed by atoms with Crippen LogP contribution in [-0.2, 0) is 0 Å². The summed E-state index contributed by atoms with van der Waals surface area (Å²) in [5, 5.41) is 10.6. The van der Waals surface area contributed by atoms with Gasteiger partial charge in [0.2, 0.25) is 0 Å². The molecule has 6 heteroatoms. The van der Waals surface area contributed by atoms with E-state index in [1.807, 2.05) is 0 Å². The number of aliphatic hydroxyl groups is 1. The van der Waals surface area contributed by atoms with Crippen LogP contribution in [0.2, 0.25) is 5.02 Å². The van der Waals surface area contributed by atoms with Crippen LogP contribution >= 0.6 is 43.5 Å². The van der Waals surface area contributed by atoms with Gasteiger partial charge in [-0.05, 0) is 46.3 Å². The zero-order chi connectivity index (χ0) is 14.2. The molecule has 19 heavy (non-hydrogen) atoms. The second-order valence-electron chi connectivity index (χ2n) is 3.83. The summed E-state index contributed by atoms with van der Waals surface area (Å²) >= 11 is 12.0. The van der Waals surface area contributed by atoms with E-state index in [4.69, 9.17) is 11.6 Å². The van der Waals surface area contributed by atoms with Crippen molar-refractivity contribution in [1.29, 1.82) is 0 Å². The molecular weight excluding hydrogens is 405 g/mol. The molecule has 0 saturated carbocycles. The summed E-state index contributed by atoms with van der Waals surface area (Å²) in [6.45, 7) is 0. The highest BCUT2D eigenvalue weighted by molar-refractivity contribution is 9.10. The van der Waals surface area contributed by atoms with Gasteiger partial charge in [-0.25, -0.2) is 8.78 Å². The Morgan fingerprint density at radius 1 is 1.05 bits per heavy atom. The molecule has 0 aromatic heterocycles. The Morgan fingerprint density at radius 2 is 1.68 bits per heavy atom. The van der Waals surface area contributed by atoms with Crippen molar-refractivity contribution < 1.29 is 13.9 Å². The molecule has 0 aliphatic heterocycles. The summed E-state index contributed by atoms with van der Waals surface area (Å²) in [7, 11) is 0. The standard InChI is InChI=1S/C13H7Br2ClF2O/c14-8-2-1-6(16)5-7(8)13(19)11-10(17)4-3-9(15)12(11)18/h1-5,13,19H. The van der Waals surface area contributed by atoms with E-state index in [-0.39, 0.29) is 4.47 Å². The van der Waals surface area contributed by atoms with E-state index in [9.17, 15) is 13.9 Å². The molecule has 0 bridgehead atoms. The van der Waals surface area contributed by atoms with E-state index < -0.39 is 23.3 Å². The summed E-state index contributed by atoms with van der Waals surface area (Å²) in [5.74, 6) is -1.65. The summed E-state index contributed by atoms with van der Waals surface area (Å²) in [5.41, 5.74) is -0.124. The number of aliphatic hydroxyl groups excluding tert-OH is 1. The quantitative estimate of drug-likeness (QED) is 0.670. The molecule has 1 nitrogen and oxygen atoms in total. The maximum atomic E-state index is 13.9. The Labute approximate surface area is 130 Å². The van der Waals surface area contributed by atoms with Crippen LogP contribution in [0.4, 0.5) is 8.78 Å². The number of rotatable bonds is 2. The van der Waals surface area contributed by atoms with Crippen molar-refractivity contribution in [3.05, 3.63) is 67.1 Å². The fourth-order valence-corrected chi connectivity index (χ4v) is 2.66. The summed E-state index contributed by atoms with van der Waals surface area (Å²) in [4.78, 5) is 0. The van der Waals surface area contributed by atoms with Crippen LogP contribution in [0.1, 0.15) is 17.2 Å². The lowest BCUT2D eigenvalue weighted by Gasteiger charge is -2.16. The van der Waals surface area contributed by atoms with E-state index in [1.54, 1.807) is 12.1 Å². The minimum absolute atomic E-state index is 0.0844. The second-order valence-corrected chi connectivity index (χ2v) is 5.97.